The van der Waals surface area contributed by atoms with Gasteiger partial charge in [-0.1, -0.05) is 17.7 Å². The van der Waals surface area contributed by atoms with Crippen molar-refractivity contribution >= 4 is 17.9 Å². The van der Waals surface area contributed by atoms with Crippen molar-refractivity contribution in [2.75, 3.05) is 27.4 Å². The van der Waals surface area contributed by atoms with Gasteiger partial charge in [-0.3, -0.25) is 4.79 Å². The highest BCUT2D eigenvalue weighted by Gasteiger charge is 2.42. The molecule has 156 valence electrons. The van der Waals surface area contributed by atoms with Crippen molar-refractivity contribution in [1.29, 1.82) is 0 Å². The second-order valence-electron chi connectivity index (χ2n) is 6.45. The average Bonchev–Trinajstić information content (AvgIpc) is 2.70. The molecule has 1 N–H and O–H groups in total. The van der Waals surface area contributed by atoms with Crippen molar-refractivity contribution < 1.29 is 33.3 Å². The summed E-state index contributed by atoms with van der Waals surface area (Å²) in [6.07, 6.45) is 0. The van der Waals surface area contributed by atoms with Crippen LogP contribution in [0.1, 0.15) is 19.4 Å². The number of dihydropyridines is 1. The predicted octanol–water partition coefficient (Wildman–Crippen LogP) is 2.03. The Hall–Kier alpha value is -3.29. The zero-order chi connectivity index (χ0) is 21.6. The lowest BCUT2D eigenvalue weighted by atomic mass is 9.85. The molecule has 1 aromatic carbocycles. The number of allylic oxidation sites excluding steroid dienone is 2. The number of hydrogen-bond acceptors (Lipinski definition) is 8. The van der Waals surface area contributed by atoms with E-state index in [1.807, 2.05) is 31.2 Å². The molecule has 2 rings (SSSR count). The Balaban J connectivity index is 2.15. The van der Waals surface area contributed by atoms with Gasteiger partial charge >= 0.3 is 17.9 Å². The van der Waals surface area contributed by atoms with E-state index < -0.39 is 23.8 Å². The number of nitrogens with one attached hydrogen (secondary N) is 1. The fourth-order valence-corrected chi connectivity index (χ4v) is 3.01. The third-order valence-corrected chi connectivity index (χ3v) is 4.42. The number of rotatable bonds is 7. The molecule has 0 atom stereocenters. The molecule has 8 nitrogen and oxygen atoms in total. The second kappa shape index (κ2) is 9.77. The van der Waals surface area contributed by atoms with Gasteiger partial charge in [0.15, 0.2) is 0 Å². The van der Waals surface area contributed by atoms with Gasteiger partial charge in [-0.05, 0) is 32.9 Å². The maximum absolute atomic E-state index is 12.8. The lowest BCUT2D eigenvalue weighted by Crippen LogP contribution is -2.38. The van der Waals surface area contributed by atoms with Gasteiger partial charge in [0, 0.05) is 11.4 Å². The standard InChI is InChI=1S/C21H25NO7/c1-12-6-8-15(9-7-12)28-10-11-29-21(25)18-16(19(23)26-4)13(2)22-14(3)17(18)20(24)27-5/h6-9,18,22H,10-11H2,1-5H3. The molecule has 1 heterocycles. The number of esters is 3. The van der Waals surface area contributed by atoms with Crippen LogP contribution in [-0.4, -0.2) is 45.3 Å². The van der Waals surface area contributed by atoms with E-state index in [4.69, 9.17) is 18.9 Å². The van der Waals surface area contributed by atoms with Gasteiger partial charge < -0.3 is 24.3 Å². The molecule has 29 heavy (non-hydrogen) atoms. The summed E-state index contributed by atoms with van der Waals surface area (Å²) in [4.78, 5) is 37.4. The largest absolute Gasteiger partial charge is 0.490 e. The van der Waals surface area contributed by atoms with E-state index in [1.165, 1.54) is 14.2 Å². The third-order valence-electron chi connectivity index (χ3n) is 4.42. The first-order valence-corrected chi connectivity index (χ1v) is 9.01. The molecule has 0 aromatic heterocycles. The van der Waals surface area contributed by atoms with E-state index in [-0.39, 0.29) is 24.4 Å². The van der Waals surface area contributed by atoms with Crippen LogP contribution in [0.2, 0.25) is 0 Å². The van der Waals surface area contributed by atoms with Crippen LogP contribution in [0.15, 0.2) is 46.8 Å². The van der Waals surface area contributed by atoms with Crippen LogP contribution in [0.25, 0.3) is 0 Å². The Morgan fingerprint density at radius 2 is 1.38 bits per heavy atom. The molecule has 1 aliphatic heterocycles. The summed E-state index contributed by atoms with van der Waals surface area (Å²) in [5.74, 6) is -2.84. The first-order valence-electron chi connectivity index (χ1n) is 9.01. The SMILES string of the molecule is COC(=O)C1=C(C)NC(C)=C(C(=O)OC)C1C(=O)OCCOc1ccc(C)cc1. The van der Waals surface area contributed by atoms with Crippen LogP contribution in [-0.2, 0) is 28.6 Å². The third kappa shape index (κ3) is 5.16. The number of methoxy groups -OCH3 is 2. The predicted molar refractivity (Wildman–Crippen MR) is 104 cm³/mol. The van der Waals surface area contributed by atoms with Gasteiger partial charge in [0.1, 0.15) is 24.9 Å². The van der Waals surface area contributed by atoms with E-state index in [1.54, 1.807) is 13.8 Å². The Morgan fingerprint density at radius 3 is 1.86 bits per heavy atom. The number of aryl methyl sites for hydroxylation is 1. The Morgan fingerprint density at radius 1 is 0.862 bits per heavy atom. The van der Waals surface area contributed by atoms with Gasteiger partial charge in [0.05, 0.1) is 25.4 Å². The van der Waals surface area contributed by atoms with Gasteiger partial charge in [0.2, 0.25) is 0 Å². The van der Waals surface area contributed by atoms with Crippen LogP contribution in [0.3, 0.4) is 0 Å². The van der Waals surface area contributed by atoms with E-state index >= 15 is 0 Å². The molecule has 0 aliphatic carbocycles. The number of carbonyl (C=O) groups is 3. The smallest absolute Gasteiger partial charge is 0.336 e. The minimum Gasteiger partial charge on any atom is -0.490 e. The molecule has 0 saturated carbocycles. The molecule has 0 radical (unpaired) electrons. The highest BCUT2D eigenvalue weighted by Crippen LogP contribution is 2.32. The van der Waals surface area contributed by atoms with Crippen molar-refractivity contribution in [3.8, 4) is 5.75 Å². The van der Waals surface area contributed by atoms with E-state index in [0.717, 1.165) is 5.56 Å². The Kier molecular flexibility index (Phi) is 7.41. The molecule has 8 heteroatoms. The van der Waals surface area contributed by atoms with Crippen LogP contribution in [0.4, 0.5) is 0 Å². The first-order chi connectivity index (χ1) is 13.8. The molecular formula is C21H25NO7. The number of benzene rings is 1. The maximum Gasteiger partial charge on any atom is 0.336 e. The zero-order valence-corrected chi connectivity index (χ0v) is 17.2. The molecule has 0 unspecified atom stereocenters. The maximum atomic E-state index is 12.8. The van der Waals surface area contributed by atoms with Gasteiger partial charge in [0.25, 0.3) is 0 Å². The van der Waals surface area contributed by atoms with Crippen LogP contribution < -0.4 is 10.1 Å². The number of carbonyl (C=O) groups excluding carboxylic acids is 3. The summed E-state index contributed by atoms with van der Waals surface area (Å²) >= 11 is 0. The number of hydrogen-bond donors (Lipinski definition) is 1. The minimum absolute atomic E-state index is 0.00273. The fraction of sp³-hybridized carbons (Fsp3) is 0.381. The zero-order valence-electron chi connectivity index (χ0n) is 17.2. The highest BCUT2D eigenvalue weighted by molar-refractivity contribution is 6.05. The lowest BCUT2D eigenvalue weighted by molar-refractivity contribution is -0.151. The van der Waals surface area contributed by atoms with Gasteiger partial charge in [-0.15, -0.1) is 0 Å². The second-order valence-corrected chi connectivity index (χ2v) is 6.45. The van der Waals surface area contributed by atoms with E-state index in [2.05, 4.69) is 5.32 Å². The van der Waals surface area contributed by atoms with Crippen LogP contribution in [0, 0.1) is 12.8 Å². The lowest BCUT2D eigenvalue weighted by Gasteiger charge is -2.28. The summed E-state index contributed by atoms with van der Waals surface area (Å²) in [5, 5.41) is 2.91. The topological polar surface area (TPSA) is 100 Å². The summed E-state index contributed by atoms with van der Waals surface area (Å²) in [6, 6.07) is 7.44. The highest BCUT2D eigenvalue weighted by atomic mass is 16.6. The summed E-state index contributed by atoms with van der Waals surface area (Å²) in [6.45, 7) is 5.26. The normalized spacial score (nSPS) is 14.2. The van der Waals surface area contributed by atoms with E-state index in [0.29, 0.717) is 17.1 Å². The molecule has 0 fully saturated rings. The van der Waals surface area contributed by atoms with Gasteiger partial charge in [-0.25, -0.2) is 9.59 Å². The molecule has 0 spiro atoms. The average molecular weight is 403 g/mol. The van der Waals surface area contributed by atoms with Gasteiger partial charge in [-0.2, -0.15) is 0 Å². The molecule has 0 saturated heterocycles. The summed E-state index contributed by atoms with van der Waals surface area (Å²) < 4.78 is 20.4. The first kappa shape index (κ1) is 22.0. The van der Waals surface area contributed by atoms with Crippen molar-refractivity contribution in [3.63, 3.8) is 0 Å². The van der Waals surface area contributed by atoms with Crippen molar-refractivity contribution in [1.82, 2.24) is 5.32 Å². The van der Waals surface area contributed by atoms with Crippen LogP contribution >= 0.6 is 0 Å². The molecular weight excluding hydrogens is 378 g/mol. The summed E-state index contributed by atoms with van der Waals surface area (Å²) in [5.41, 5.74) is 1.91. The quantitative estimate of drug-likeness (QED) is 0.419. The van der Waals surface area contributed by atoms with Crippen molar-refractivity contribution in [2.24, 2.45) is 5.92 Å². The molecule has 1 aromatic rings. The van der Waals surface area contributed by atoms with Crippen molar-refractivity contribution in [3.05, 3.63) is 52.4 Å². The van der Waals surface area contributed by atoms with Crippen molar-refractivity contribution in [2.45, 2.75) is 20.8 Å². The monoisotopic (exact) mass is 403 g/mol. The molecule has 0 amide bonds. The minimum atomic E-state index is -1.25. The van der Waals surface area contributed by atoms with E-state index in [9.17, 15) is 14.4 Å². The fourth-order valence-electron chi connectivity index (χ4n) is 3.01. The summed E-state index contributed by atoms with van der Waals surface area (Å²) in [7, 11) is 2.40. The number of ether oxygens (including phenoxy) is 4. The molecule has 1 aliphatic rings. The van der Waals surface area contributed by atoms with Crippen LogP contribution in [0.5, 0.6) is 5.75 Å². The Labute approximate surface area is 169 Å². The Bertz CT molecular complexity index is 814. The molecule has 0 bridgehead atoms.